The maximum atomic E-state index is 6.08. The third-order valence-electron chi connectivity index (χ3n) is 3.25. The molecule has 1 atom stereocenters. The number of hydrogen-bond donors (Lipinski definition) is 2. The molecule has 0 saturated heterocycles. The summed E-state index contributed by atoms with van der Waals surface area (Å²) in [5.74, 6) is 0. The molecule has 1 unspecified atom stereocenters. The van der Waals surface area contributed by atoms with Gasteiger partial charge in [-0.05, 0) is 23.8 Å². The lowest BCUT2D eigenvalue weighted by molar-refractivity contribution is 0.480. The van der Waals surface area contributed by atoms with Crippen molar-refractivity contribution in [2.24, 2.45) is 11.1 Å². The molecule has 0 aromatic heterocycles. The molecule has 0 heterocycles. The standard InChI is InChI=1S/C13H20N2/c1-13(7-8-13)10-15-9-12(14)11-5-3-2-4-6-11/h2-6,12,15H,7-10,14H2,1H3. The van der Waals surface area contributed by atoms with Crippen LogP contribution in [-0.2, 0) is 0 Å². The van der Waals surface area contributed by atoms with E-state index in [1.54, 1.807) is 0 Å². The molecule has 0 bridgehead atoms. The fourth-order valence-corrected chi connectivity index (χ4v) is 1.74. The highest BCUT2D eigenvalue weighted by atomic mass is 14.9. The topological polar surface area (TPSA) is 38.0 Å². The van der Waals surface area contributed by atoms with Crippen molar-refractivity contribution in [2.45, 2.75) is 25.8 Å². The fourth-order valence-electron chi connectivity index (χ4n) is 1.74. The normalized spacial score (nSPS) is 19.9. The SMILES string of the molecule is CC1(CNCC(N)c2ccccc2)CC1. The molecule has 82 valence electrons. The van der Waals surface area contributed by atoms with Crippen LogP contribution in [0.5, 0.6) is 0 Å². The van der Waals surface area contributed by atoms with E-state index in [2.05, 4.69) is 24.4 Å². The van der Waals surface area contributed by atoms with Gasteiger partial charge in [0.25, 0.3) is 0 Å². The highest BCUT2D eigenvalue weighted by molar-refractivity contribution is 5.18. The zero-order chi connectivity index (χ0) is 10.7. The molecule has 0 aliphatic heterocycles. The molecule has 1 fully saturated rings. The molecule has 2 nitrogen and oxygen atoms in total. The molecule has 15 heavy (non-hydrogen) atoms. The van der Waals surface area contributed by atoms with Crippen LogP contribution in [0.15, 0.2) is 30.3 Å². The molecule has 1 aromatic rings. The lowest BCUT2D eigenvalue weighted by Crippen LogP contribution is -2.30. The minimum absolute atomic E-state index is 0.119. The first-order chi connectivity index (χ1) is 7.20. The van der Waals surface area contributed by atoms with E-state index in [9.17, 15) is 0 Å². The van der Waals surface area contributed by atoms with E-state index in [1.807, 2.05) is 18.2 Å². The summed E-state index contributed by atoms with van der Waals surface area (Å²) in [4.78, 5) is 0. The first-order valence-corrected chi connectivity index (χ1v) is 5.71. The van der Waals surface area contributed by atoms with Gasteiger partial charge in [-0.25, -0.2) is 0 Å². The second kappa shape index (κ2) is 4.33. The van der Waals surface area contributed by atoms with Crippen LogP contribution in [0.2, 0.25) is 0 Å². The van der Waals surface area contributed by atoms with Crippen molar-refractivity contribution >= 4 is 0 Å². The maximum absolute atomic E-state index is 6.08. The zero-order valence-electron chi connectivity index (χ0n) is 9.37. The molecular weight excluding hydrogens is 184 g/mol. The number of hydrogen-bond acceptors (Lipinski definition) is 2. The van der Waals surface area contributed by atoms with E-state index in [4.69, 9.17) is 5.73 Å². The second-order valence-electron chi connectivity index (χ2n) is 4.96. The van der Waals surface area contributed by atoms with Gasteiger partial charge in [-0.1, -0.05) is 37.3 Å². The van der Waals surface area contributed by atoms with E-state index in [-0.39, 0.29) is 6.04 Å². The second-order valence-corrected chi connectivity index (χ2v) is 4.96. The Labute approximate surface area is 91.9 Å². The number of benzene rings is 1. The van der Waals surface area contributed by atoms with Gasteiger partial charge in [-0.15, -0.1) is 0 Å². The summed E-state index contributed by atoms with van der Waals surface area (Å²) in [6, 6.07) is 10.4. The van der Waals surface area contributed by atoms with Gasteiger partial charge in [-0.3, -0.25) is 0 Å². The summed E-state index contributed by atoms with van der Waals surface area (Å²) >= 11 is 0. The Balaban J connectivity index is 1.75. The van der Waals surface area contributed by atoms with Crippen molar-refractivity contribution in [1.29, 1.82) is 0 Å². The van der Waals surface area contributed by atoms with Crippen molar-refractivity contribution in [3.63, 3.8) is 0 Å². The molecule has 1 aliphatic rings. The van der Waals surface area contributed by atoms with E-state index in [0.717, 1.165) is 13.1 Å². The van der Waals surface area contributed by atoms with Crippen LogP contribution in [0.3, 0.4) is 0 Å². The van der Waals surface area contributed by atoms with Crippen LogP contribution < -0.4 is 11.1 Å². The Kier molecular flexibility index (Phi) is 3.08. The lowest BCUT2D eigenvalue weighted by Gasteiger charge is -2.15. The average molecular weight is 204 g/mol. The van der Waals surface area contributed by atoms with Gasteiger partial charge in [-0.2, -0.15) is 0 Å². The first kappa shape index (κ1) is 10.7. The number of nitrogens with one attached hydrogen (secondary N) is 1. The minimum Gasteiger partial charge on any atom is -0.323 e. The summed E-state index contributed by atoms with van der Waals surface area (Å²) in [6.07, 6.45) is 2.72. The van der Waals surface area contributed by atoms with Crippen molar-refractivity contribution in [2.75, 3.05) is 13.1 Å². The summed E-state index contributed by atoms with van der Waals surface area (Å²) in [5, 5.41) is 3.46. The van der Waals surface area contributed by atoms with E-state index in [0.29, 0.717) is 5.41 Å². The van der Waals surface area contributed by atoms with Gasteiger partial charge >= 0.3 is 0 Å². The number of nitrogens with two attached hydrogens (primary N) is 1. The van der Waals surface area contributed by atoms with Crippen molar-refractivity contribution < 1.29 is 0 Å². The molecule has 1 aromatic carbocycles. The Morgan fingerprint density at radius 1 is 1.33 bits per heavy atom. The molecule has 0 radical (unpaired) electrons. The van der Waals surface area contributed by atoms with Crippen LogP contribution in [0.25, 0.3) is 0 Å². The van der Waals surface area contributed by atoms with Crippen LogP contribution in [0, 0.1) is 5.41 Å². The quantitative estimate of drug-likeness (QED) is 0.770. The van der Waals surface area contributed by atoms with E-state index < -0.39 is 0 Å². The van der Waals surface area contributed by atoms with E-state index >= 15 is 0 Å². The highest BCUT2D eigenvalue weighted by Crippen LogP contribution is 2.44. The van der Waals surface area contributed by atoms with Crippen LogP contribution in [0.1, 0.15) is 31.4 Å². The molecule has 0 amide bonds. The molecular formula is C13H20N2. The molecule has 1 saturated carbocycles. The van der Waals surface area contributed by atoms with Gasteiger partial charge in [0.2, 0.25) is 0 Å². The molecule has 0 spiro atoms. The smallest absolute Gasteiger partial charge is 0.0421 e. The molecule has 2 heteroatoms. The third kappa shape index (κ3) is 3.05. The fraction of sp³-hybridized carbons (Fsp3) is 0.538. The highest BCUT2D eigenvalue weighted by Gasteiger charge is 2.36. The maximum Gasteiger partial charge on any atom is 0.0421 e. The predicted octanol–water partition coefficient (Wildman–Crippen LogP) is 2.08. The van der Waals surface area contributed by atoms with Crippen LogP contribution in [-0.4, -0.2) is 13.1 Å². The number of rotatable bonds is 5. The monoisotopic (exact) mass is 204 g/mol. The molecule has 3 N–H and O–H groups in total. The van der Waals surface area contributed by atoms with Crippen molar-refractivity contribution in [1.82, 2.24) is 5.32 Å². The largest absolute Gasteiger partial charge is 0.323 e. The van der Waals surface area contributed by atoms with Crippen molar-refractivity contribution in [3.05, 3.63) is 35.9 Å². The Morgan fingerprint density at radius 2 is 2.00 bits per heavy atom. The lowest BCUT2D eigenvalue weighted by atomic mass is 10.1. The van der Waals surface area contributed by atoms with Crippen LogP contribution >= 0.6 is 0 Å². The van der Waals surface area contributed by atoms with Crippen molar-refractivity contribution in [3.8, 4) is 0 Å². The average Bonchev–Trinajstić information content (AvgIpc) is 2.98. The van der Waals surface area contributed by atoms with Gasteiger partial charge in [0.15, 0.2) is 0 Å². The van der Waals surface area contributed by atoms with Gasteiger partial charge in [0.1, 0.15) is 0 Å². The minimum atomic E-state index is 0.119. The summed E-state index contributed by atoms with van der Waals surface area (Å²) in [6.45, 7) is 4.31. The van der Waals surface area contributed by atoms with Gasteiger partial charge in [0, 0.05) is 19.1 Å². The van der Waals surface area contributed by atoms with E-state index in [1.165, 1.54) is 18.4 Å². The summed E-state index contributed by atoms with van der Waals surface area (Å²) in [5.41, 5.74) is 7.86. The zero-order valence-corrected chi connectivity index (χ0v) is 9.37. The first-order valence-electron chi connectivity index (χ1n) is 5.71. The Hall–Kier alpha value is -0.860. The Morgan fingerprint density at radius 3 is 2.60 bits per heavy atom. The molecule has 1 aliphatic carbocycles. The summed E-state index contributed by atoms with van der Waals surface area (Å²) in [7, 11) is 0. The molecule has 2 rings (SSSR count). The Bertz CT molecular complexity index is 304. The van der Waals surface area contributed by atoms with Gasteiger partial charge in [0.05, 0.1) is 0 Å². The van der Waals surface area contributed by atoms with Crippen LogP contribution in [0.4, 0.5) is 0 Å². The van der Waals surface area contributed by atoms with Gasteiger partial charge < -0.3 is 11.1 Å². The third-order valence-corrected chi connectivity index (χ3v) is 3.25. The summed E-state index contributed by atoms with van der Waals surface area (Å²) < 4.78 is 0. The predicted molar refractivity (Wildman–Crippen MR) is 63.6 cm³/mol.